The number of amides is 1. The molecule has 212 valence electrons. The van der Waals surface area contributed by atoms with Crippen LogP contribution in [-0.4, -0.2) is 53.2 Å². The molecule has 4 aromatic rings. The number of carbonyl (C=O) groups is 2. The molecule has 0 spiro atoms. The van der Waals surface area contributed by atoms with Gasteiger partial charge < -0.3 is 24.4 Å². The Balaban J connectivity index is 1.50. The van der Waals surface area contributed by atoms with Crippen LogP contribution < -0.4 is 14.8 Å². The molecule has 2 aromatic carbocycles. The number of nitrogens with one attached hydrogen (secondary N) is 2. The van der Waals surface area contributed by atoms with Crippen LogP contribution in [0.25, 0.3) is 11.0 Å². The normalized spacial score (nSPS) is 11.8. The number of methoxy groups -OCH3 is 1. The van der Waals surface area contributed by atoms with Crippen LogP contribution in [0, 0.1) is 6.92 Å². The number of aromatic nitrogens is 3. The summed E-state index contributed by atoms with van der Waals surface area (Å²) in [7, 11) is -2.95. The van der Waals surface area contributed by atoms with Gasteiger partial charge in [0.25, 0.3) is 10.0 Å². The van der Waals surface area contributed by atoms with Crippen LogP contribution in [0.15, 0.2) is 52.1 Å². The van der Waals surface area contributed by atoms with Crippen molar-refractivity contribution in [3.05, 3.63) is 65.0 Å². The molecule has 0 aliphatic rings. The Morgan fingerprint density at radius 3 is 2.58 bits per heavy atom. The van der Waals surface area contributed by atoms with Gasteiger partial charge in [0.05, 0.1) is 30.8 Å². The Kier molecular flexibility index (Phi) is 7.73. The first-order chi connectivity index (χ1) is 18.8. The standard InChI is InChI=1S/C26H29N5O8S/c1-15-8-16(13-31-14-17(12-28-31)11-27-25(34)38-26(2,3)4)9-20-22(15)23(29-39-20)30-40(35,36)21-7-6-18(24(32)33)10-19(21)37-5/h6-10,12,14H,11,13H2,1-5H3,(H,27,34)(H,29,30)(H,32,33). The minimum Gasteiger partial charge on any atom is -0.495 e. The first kappa shape index (κ1) is 28.4. The third kappa shape index (κ3) is 6.51. The lowest BCUT2D eigenvalue weighted by Gasteiger charge is -2.19. The number of aromatic carboxylic acids is 1. The highest BCUT2D eigenvalue weighted by Crippen LogP contribution is 2.32. The highest BCUT2D eigenvalue weighted by Gasteiger charge is 2.24. The molecule has 0 atom stereocenters. The Bertz CT molecular complexity index is 1680. The van der Waals surface area contributed by atoms with Crippen molar-refractivity contribution >= 4 is 38.9 Å². The number of hydrogen-bond acceptors (Lipinski definition) is 9. The quantitative estimate of drug-likeness (QED) is 0.267. The Hall–Kier alpha value is -4.59. The molecular formula is C26H29N5O8S. The van der Waals surface area contributed by atoms with E-state index in [-0.39, 0.29) is 28.6 Å². The van der Waals surface area contributed by atoms with Gasteiger partial charge in [0.2, 0.25) is 0 Å². The first-order valence-corrected chi connectivity index (χ1v) is 13.6. The van der Waals surface area contributed by atoms with E-state index in [1.807, 2.05) is 6.07 Å². The first-order valence-electron chi connectivity index (χ1n) is 12.1. The number of alkyl carbamates (subject to hydrolysis) is 1. The number of anilines is 1. The van der Waals surface area contributed by atoms with Crippen LogP contribution in [0.5, 0.6) is 5.75 Å². The van der Waals surface area contributed by atoms with Gasteiger partial charge in [-0.2, -0.15) is 5.10 Å². The predicted molar refractivity (Wildman–Crippen MR) is 144 cm³/mol. The van der Waals surface area contributed by atoms with E-state index in [9.17, 15) is 23.1 Å². The summed E-state index contributed by atoms with van der Waals surface area (Å²) in [4.78, 5) is 22.9. The number of benzene rings is 2. The SMILES string of the molecule is COc1cc(C(=O)O)ccc1S(=O)(=O)Nc1noc2cc(Cn3cc(CNC(=O)OC(C)(C)C)cn3)cc(C)c12. The number of carboxylic acids is 1. The molecule has 2 heterocycles. The molecule has 0 saturated heterocycles. The van der Waals surface area contributed by atoms with E-state index in [0.717, 1.165) is 23.3 Å². The van der Waals surface area contributed by atoms with Crippen molar-refractivity contribution in [2.45, 2.75) is 51.3 Å². The van der Waals surface area contributed by atoms with Crippen molar-refractivity contribution in [2.24, 2.45) is 0 Å². The average molecular weight is 572 g/mol. The number of ether oxygens (including phenoxy) is 2. The van der Waals surface area contributed by atoms with Crippen molar-refractivity contribution in [1.29, 1.82) is 0 Å². The lowest BCUT2D eigenvalue weighted by Crippen LogP contribution is -2.32. The van der Waals surface area contributed by atoms with Gasteiger partial charge in [-0.3, -0.25) is 9.40 Å². The zero-order chi connectivity index (χ0) is 29.2. The van der Waals surface area contributed by atoms with Gasteiger partial charge in [-0.15, -0.1) is 0 Å². The Labute approximate surface area is 230 Å². The third-order valence-electron chi connectivity index (χ3n) is 5.63. The zero-order valence-corrected chi connectivity index (χ0v) is 23.3. The van der Waals surface area contributed by atoms with E-state index >= 15 is 0 Å². The monoisotopic (exact) mass is 571 g/mol. The van der Waals surface area contributed by atoms with Crippen molar-refractivity contribution < 1.29 is 37.1 Å². The molecule has 3 N–H and O–H groups in total. The van der Waals surface area contributed by atoms with Gasteiger partial charge in [0.1, 0.15) is 16.2 Å². The maximum atomic E-state index is 13.1. The molecule has 0 bridgehead atoms. The smallest absolute Gasteiger partial charge is 0.407 e. The fourth-order valence-corrected chi connectivity index (χ4v) is 5.13. The summed E-state index contributed by atoms with van der Waals surface area (Å²) in [5, 5.41) is 20.6. The van der Waals surface area contributed by atoms with E-state index < -0.39 is 27.7 Å². The molecule has 1 amide bonds. The summed E-state index contributed by atoms with van der Waals surface area (Å²) in [6, 6.07) is 7.05. The summed E-state index contributed by atoms with van der Waals surface area (Å²) in [6.45, 7) is 7.79. The number of nitrogens with zero attached hydrogens (tertiary/aromatic N) is 3. The van der Waals surface area contributed by atoms with Crippen LogP contribution >= 0.6 is 0 Å². The van der Waals surface area contributed by atoms with Crippen LogP contribution in [-0.2, 0) is 27.8 Å². The molecule has 0 fully saturated rings. The molecule has 2 aromatic heterocycles. The second-order valence-electron chi connectivity index (χ2n) is 9.99. The summed E-state index contributed by atoms with van der Waals surface area (Å²) < 4.78 is 46.1. The fraction of sp³-hybridized carbons (Fsp3) is 0.308. The average Bonchev–Trinajstić information content (AvgIpc) is 3.47. The number of rotatable bonds is 9. The minimum absolute atomic E-state index is 0.0157. The van der Waals surface area contributed by atoms with E-state index in [0.29, 0.717) is 23.1 Å². The maximum absolute atomic E-state index is 13.1. The summed E-state index contributed by atoms with van der Waals surface area (Å²) in [5.41, 5.74) is 1.97. The Morgan fingerprint density at radius 2 is 1.90 bits per heavy atom. The molecule has 13 nitrogen and oxygen atoms in total. The number of sulfonamides is 1. The van der Waals surface area contributed by atoms with Crippen LogP contribution in [0.3, 0.4) is 0 Å². The second kappa shape index (κ2) is 10.9. The van der Waals surface area contributed by atoms with Crippen molar-refractivity contribution in [2.75, 3.05) is 11.8 Å². The molecule has 40 heavy (non-hydrogen) atoms. The Morgan fingerprint density at radius 1 is 1.15 bits per heavy atom. The molecule has 14 heteroatoms. The van der Waals surface area contributed by atoms with Gasteiger partial charge >= 0.3 is 12.1 Å². The molecule has 0 saturated carbocycles. The largest absolute Gasteiger partial charge is 0.495 e. The molecular weight excluding hydrogens is 542 g/mol. The summed E-state index contributed by atoms with van der Waals surface area (Å²) in [5.74, 6) is -1.36. The highest BCUT2D eigenvalue weighted by molar-refractivity contribution is 7.92. The van der Waals surface area contributed by atoms with E-state index in [4.69, 9.17) is 14.0 Å². The maximum Gasteiger partial charge on any atom is 0.407 e. The van der Waals surface area contributed by atoms with E-state index in [2.05, 4.69) is 20.3 Å². The van der Waals surface area contributed by atoms with Gasteiger partial charge in [-0.05, 0) is 63.1 Å². The lowest BCUT2D eigenvalue weighted by atomic mass is 10.1. The van der Waals surface area contributed by atoms with Crippen molar-refractivity contribution in [1.82, 2.24) is 20.3 Å². The van der Waals surface area contributed by atoms with Crippen molar-refractivity contribution in [3.63, 3.8) is 0 Å². The topological polar surface area (TPSA) is 175 Å². The molecule has 0 unspecified atom stereocenters. The minimum atomic E-state index is -4.20. The number of hydrogen-bond donors (Lipinski definition) is 3. The number of fused-ring (bicyclic) bond motifs is 1. The molecule has 4 rings (SSSR count). The van der Waals surface area contributed by atoms with E-state index in [1.54, 1.807) is 50.8 Å². The van der Waals surface area contributed by atoms with Crippen LogP contribution in [0.2, 0.25) is 0 Å². The number of aryl methyl sites for hydroxylation is 1. The van der Waals surface area contributed by atoms with Gasteiger partial charge in [0, 0.05) is 18.3 Å². The van der Waals surface area contributed by atoms with E-state index in [1.165, 1.54) is 13.2 Å². The van der Waals surface area contributed by atoms with Gasteiger partial charge in [-0.25, -0.2) is 18.0 Å². The highest BCUT2D eigenvalue weighted by atomic mass is 32.2. The molecule has 0 aliphatic carbocycles. The van der Waals surface area contributed by atoms with Crippen LogP contribution in [0.4, 0.5) is 10.6 Å². The van der Waals surface area contributed by atoms with Crippen LogP contribution in [0.1, 0.15) is 47.8 Å². The van der Waals surface area contributed by atoms with Crippen molar-refractivity contribution in [3.8, 4) is 5.75 Å². The molecule has 0 aliphatic heterocycles. The van der Waals surface area contributed by atoms with Gasteiger partial charge in [-0.1, -0.05) is 11.2 Å². The zero-order valence-electron chi connectivity index (χ0n) is 22.5. The predicted octanol–water partition coefficient (Wildman–Crippen LogP) is 3.91. The second-order valence-corrected chi connectivity index (χ2v) is 11.6. The number of carboxylic acid groups (broad SMARTS) is 1. The summed E-state index contributed by atoms with van der Waals surface area (Å²) in [6.07, 6.45) is 2.91. The molecule has 0 radical (unpaired) electrons. The number of carbonyl (C=O) groups excluding carboxylic acids is 1. The van der Waals surface area contributed by atoms with Gasteiger partial charge in [0.15, 0.2) is 11.4 Å². The lowest BCUT2D eigenvalue weighted by molar-refractivity contribution is 0.0523. The fourth-order valence-electron chi connectivity index (χ4n) is 3.97. The summed E-state index contributed by atoms with van der Waals surface area (Å²) >= 11 is 0. The third-order valence-corrected chi connectivity index (χ3v) is 7.01.